The number of methoxy groups -OCH3 is 1. The van der Waals surface area contributed by atoms with Gasteiger partial charge in [0.2, 0.25) is 5.95 Å². The molecule has 0 saturated carbocycles. The van der Waals surface area contributed by atoms with Crippen LogP contribution in [0.4, 0.5) is 11.6 Å². The number of rotatable bonds is 8. The monoisotopic (exact) mass is 499 g/mol. The Labute approximate surface area is 207 Å². The third-order valence-electron chi connectivity index (χ3n) is 5.90. The number of benzene rings is 2. The molecule has 2 N–H and O–H groups in total. The Hall–Kier alpha value is -2.84. The second kappa shape index (κ2) is 10.2. The van der Waals surface area contributed by atoms with Gasteiger partial charge < -0.3 is 24.5 Å². The molecule has 0 radical (unpaired) electrons. The predicted octanol–water partition coefficient (Wildman–Crippen LogP) is 5.37. The second-order valence-electron chi connectivity index (χ2n) is 8.22. The summed E-state index contributed by atoms with van der Waals surface area (Å²) in [5.41, 5.74) is 3.64. The number of nitrogens with zero attached hydrogens (tertiary/aromatic N) is 3. The number of imidazole rings is 1. The minimum absolute atomic E-state index is 0.163. The number of aromatic amines is 1. The van der Waals surface area contributed by atoms with Crippen molar-refractivity contribution < 1.29 is 4.74 Å². The number of anilines is 2. The second-order valence-corrected chi connectivity index (χ2v) is 9.04. The first kappa shape index (κ1) is 24.3. The van der Waals surface area contributed by atoms with Gasteiger partial charge in [-0.25, -0.2) is 4.98 Å². The Morgan fingerprint density at radius 3 is 2.68 bits per heavy atom. The fourth-order valence-corrected chi connectivity index (χ4v) is 4.46. The third-order valence-corrected chi connectivity index (χ3v) is 6.53. The van der Waals surface area contributed by atoms with Crippen molar-refractivity contribution in [2.24, 2.45) is 7.05 Å². The molecular formula is C25H27Cl2N5O2. The van der Waals surface area contributed by atoms with E-state index in [1.54, 1.807) is 25.3 Å². The summed E-state index contributed by atoms with van der Waals surface area (Å²) in [5, 5.41) is 5.67. The third kappa shape index (κ3) is 4.70. The van der Waals surface area contributed by atoms with E-state index in [1.165, 1.54) is 0 Å². The predicted molar refractivity (Wildman–Crippen MR) is 142 cm³/mol. The molecule has 0 amide bonds. The van der Waals surface area contributed by atoms with E-state index in [2.05, 4.69) is 20.2 Å². The number of nitrogens with one attached hydrogen (secondary N) is 2. The molecule has 0 aliphatic rings. The summed E-state index contributed by atoms with van der Waals surface area (Å²) < 4.78 is 6.97. The van der Waals surface area contributed by atoms with Gasteiger partial charge in [0.25, 0.3) is 5.56 Å². The van der Waals surface area contributed by atoms with Crippen molar-refractivity contribution in [2.75, 3.05) is 39.2 Å². The lowest BCUT2D eigenvalue weighted by Crippen LogP contribution is -2.22. The number of ether oxygens (including phenoxy) is 1. The number of aromatic nitrogens is 3. The van der Waals surface area contributed by atoms with Gasteiger partial charge in [-0.2, -0.15) is 0 Å². The van der Waals surface area contributed by atoms with Crippen molar-refractivity contribution >= 4 is 62.7 Å². The fourth-order valence-electron chi connectivity index (χ4n) is 3.97. The van der Waals surface area contributed by atoms with E-state index in [-0.39, 0.29) is 5.56 Å². The van der Waals surface area contributed by atoms with Gasteiger partial charge in [0.15, 0.2) is 0 Å². The summed E-state index contributed by atoms with van der Waals surface area (Å²) in [7, 11) is 5.58. The molecule has 178 valence electrons. The zero-order valence-electron chi connectivity index (χ0n) is 19.6. The van der Waals surface area contributed by atoms with Crippen LogP contribution in [0.3, 0.4) is 0 Å². The van der Waals surface area contributed by atoms with Gasteiger partial charge in [0.05, 0.1) is 38.8 Å². The summed E-state index contributed by atoms with van der Waals surface area (Å²) in [6.45, 7) is 4.28. The Morgan fingerprint density at radius 1 is 1.24 bits per heavy atom. The Morgan fingerprint density at radius 2 is 1.97 bits per heavy atom. The van der Waals surface area contributed by atoms with Crippen LogP contribution in [-0.2, 0) is 11.8 Å². The SMILES string of the molecule is COCCN(C)CC=Cc1[nH]c(=O)c2c(ccc3nc(Nc4c(Cl)cccc4Cl)n(C)c32)c1C. The van der Waals surface area contributed by atoms with Crippen LogP contribution in [0, 0.1) is 6.92 Å². The first-order chi connectivity index (χ1) is 16.3. The van der Waals surface area contributed by atoms with Crippen LogP contribution in [0.1, 0.15) is 11.3 Å². The van der Waals surface area contributed by atoms with E-state index in [4.69, 9.17) is 27.9 Å². The average Bonchev–Trinajstić information content (AvgIpc) is 3.13. The molecule has 4 rings (SSSR count). The number of H-pyrrole nitrogens is 1. The van der Waals surface area contributed by atoms with E-state index < -0.39 is 0 Å². The molecule has 0 aliphatic heterocycles. The standard InChI is InChI=1S/C25H27Cl2N5O2/c1-15-16-10-11-20-23(32(3)25(29-20)30-22-17(26)7-5-8-18(22)27)21(16)24(33)28-19(15)9-6-12-31(2)13-14-34-4/h5-11H,12-14H2,1-4H3,(H,28,33)(H,29,30). The fraction of sp³-hybridized carbons (Fsp3) is 0.280. The molecule has 2 heterocycles. The first-order valence-corrected chi connectivity index (χ1v) is 11.6. The molecule has 4 aromatic rings. The molecule has 0 saturated heterocycles. The van der Waals surface area contributed by atoms with E-state index >= 15 is 0 Å². The minimum Gasteiger partial charge on any atom is -0.383 e. The van der Waals surface area contributed by atoms with Gasteiger partial charge in [0.1, 0.15) is 0 Å². The highest BCUT2D eigenvalue weighted by molar-refractivity contribution is 6.39. The highest BCUT2D eigenvalue weighted by Gasteiger charge is 2.17. The number of para-hydroxylation sites is 1. The summed E-state index contributed by atoms with van der Waals surface area (Å²) in [4.78, 5) is 23.1. The van der Waals surface area contributed by atoms with E-state index in [0.717, 1.165) is 35.2 Å². The van der Waals surface area contributed by atoms with E-state index in [1.807, 2.05) is 49.9 Å². The van der Waals surface area contributed by atoms with Gasteiger partial charge >= 0.3 is 0 Å². The average molecular weight is 500 g/mol. The van der Waals surface area contributed by atoms with Crippen LogP contribution < -0.4 is 10.9 Å². The molecule has 0 unspecified atom stereocenters. The quantitative estimate of drug-likeness (QED) is 0.341. The largest absolute Gasteiger partial charge is 0.383 e. The number of aryl methyl sites for hydroxylation is 2. The highest BCUT2D eigenvalue weighted by Crippen LogP contribution is 2.34. The summed E-state index contributed by atoms with van der Waals surface area (Å²) in [6.07, 6.45) is 4.00. The topological polar surface area (TPSA) is 75.2 Å². The van der Waals surface area contributed by atoms with Gasteiger partial charge in [-0.3, -0.25) is 4.79 Å². The van der Waals surface area contributed by atoms with Crippen molar-refractivity contribution in [2.45, 2.75) is 6.92 Å². The van der Waals surface area contributed by atoms with Crippen molar-refractivity contribution in [3.8, 4) is 0 Å². The van der Waals surface area contributed by atoms with Crippen LogP contribution in [-0.4, -0.2) is 53.3 Å². The molecular weight excluding hydrogens is 473 g/mol. The van der Waals surface area contributed by atoms with Crippen molar-refractivity contribution in [1.82, 2.24) is 19.4 Å². The number of hydrogen-bond donors (Lipinski definition) is 2. The maximum absolute atomic E-state index is 13.2. The van der Waals surface area contributed by atoms with Crippen LogP contribution in [0.2, 0.25) is 10.0 Å². The maximum atomic E-state index is 13.2. The van der Waals surface area contributed by atoms with E-state index in [9.17, 15) is 4.79 Å². The Kier molecular flexibility index (Phi) is 7.28. The molecule has 0 aliphatic carbocycles. The van der Waals surface area contributed by atoms with Crippen LogP contribution in [0.15, 0.2) is 41.2 Å². The van der Waals surface area contributed by atoms with Crippen molar-refractivity contribution in [1.29, 1.82) is 0 Å². The van der Waals surface area contributed by atoms with Crippen LogP contribution in [0.25, 0.3) is 27.9 Å². The molecule has 0 bridgehead atoms. The van der Waals surface area contributed by atoms with E-state index in [0.29, 0.717) is 39.2 Å². The molecule has 9 heteroatoms. The summed E-state index contributed by atoms with van der Waals surface area (Å²) in [6, 6.07) is 9.17. The number of pyridine rings is 1. The number of hydrogen-bond acceptors (Lipinski definition) is 5. The number of likely N-dealkylation sites (N-methyl/N-ethyl adjacent to an activating group) is 1. The maximum Gasteiger partial charge on any atom is 0.258 e. The lowest BCUT2D eigenvalue weighted by molar-refractivity contribution is 0.166. The molecule has 0 spiro atoms. The van der Waals surface area contributed by atoms with Gasteiger partial charge in [-0.15, -0.1) is 0 Å². The van der Waals surface area contributed by atoms with Crippen LogP contribution >= 0.6 is 23.2 Å². The molecule has 34 heavy (non-hydrogen) atoms. The van der Waals surface area contributed by atoms with Crippen molar-refractivity contribution in [3.63, 3.8) is 0 Å². The van der Waals surface area contributed by atoms with Crippen LogP contribution in [0.5, 0.6) is 0 Å². The highest BCUT2D eigenvalue weighted by atomic mass is 35.5. The lowest BCUT2D eigenvalue weighted by atomic mass is 10.0. The summed E-state index contributed by atoms with van der Waals surface area (Å²) >= 11 is 12.6. The minimum atomic E-state index is -0.163. The van der Waals surface area contributed by atoms with Gasteiger partial charge in [0, 0.05) is 32.9 Å². The number of halogens is 2. The first-order valence-electron chi connectivity index (χ1n) is 10.9. The molecule has 0 fully saturated rings. The molecule has 0 atom stereocenters. The number of fused-ring (bicyclic) bond motifs is 3. The van der Waals surface area contributed by atoms with Gasteiger partial charge in [-0.05, 0) is 49.2 Å². The van der Waals surface area contributed by atoms with Gasteiger partial charge in [-0.1, -0.05) is 41.4 Å². The lowest BCUT2D eigenvalue weighted by Gasteiger charge is -2.13. The molecule has 2 aromatic heterocycles. The smallest absolute Gasteiger partial charge is 0.258 e. The summed E-state index contributed by atoms with van der Waals surface area (Å²) in [5.74, 6) is 0.539. The Bertz CT molecular complexity index is 1420. The normalized spacial score (nSPS) is 12.0. The zero-order valence-corrected chi connectivity index (χ0v) is 21.1. The molecule has 7 nitrogen and oxygen atoms in total. The Balaban J connectivity index is 1.74. The van der Waals surface area contributed by atoms with Crippen molar-refractivity contribution in [3.05, 3.63) is 68.1 Å². The zero-order chi connectivity index (χ0) is 24.4. The molecule has 2 aromatic carbocycles.